The number of ether oxygens (including phenoxy) is 2. The smallest absolute Gasteiger partial charge is 0.289 e. The topological polar surface area (TPSA) is 116 Å². The average Bonchev–Trinajstić information content (AvgIpc) is 2.92. The molecule has 35 heavy (non-hydrogen) atoms. The summed E-state index contributed by atoms with van der Waals surface area (Å²) in [4.78, 5) is 22.0. The first-order chi connectivity index (χ1) is 16.4. The van der Waals surface area contributed by atoms with Gasteiger partial charge in [0.25, 0.3) is 5.69 Å². The van der Waals surface area contributed by atoms with Crippen LogP contribution in [-0.4, -0.2) is 55.0 Å². The van der Waals surface area contributed by atoms with E-state index in [1.165, 1.54) is 28.6 Å². The summed E-state index contributed by atoms with van der Waals surface area (Å²) in [5.41, 5.74) is 1.22. The van der Waals surface area contributed by atoms with Gasteiger partial charge < -0.3 is 9.47 Å². The first-order valence-electron chi connectivity index (χ1n) is 11.5. The number of para-hydroxylation sites is 1. The number of rotatable bonds is 12. The molecule has 0 radical (unpaired) electrons. The van der Waals surface area contributed by atoms with E-state index in [1.807, 2.05) is 26.8 Å². The molecule has 1 aliphatic rings. The first-order valence-corrected chi connectivity index (χ1v) is 12.9. The Balaban J connectivity index is 2.25. The highest BCUT2D eigenvalue weighted by Crippen LogP contribution is 2.31. The molecule has 192 valence electrons. The van der Waals surface area contributed by atoms with E-state index in [0.29, 0.717) is 19.4 Å². The van der Waals surface area contributed by atoms with Crippen LogP contribution < -0.4 is 0 Å². The van der Waals surface area contributed by atoms with Crippen LogP contribution in [0.15, 0.2) is 65.6 Å². The van der Waals surface area contributed by atoms with Gasteiger partial charge in [-0.3, -0.25) is 14.9 Å². The van der Waals surface area contributed by atoms with Crippen molar-refractivity contribution in [3.63, 3.8) is 0 Å². The molecule has 1 heterocycles. The molecular weight excluding hydrogens is 472 g/mol. The van der Waals surface area contributed by atoms with Crippen molar-refractivity contribution < 1.29 is 27.6 Å². The van der Waals surface area contributed by atoms with Crippen molar-refractivity contribution in [3.05, 3.63) is 70.8 Å². The molecule has 10 heteroatoms. The van der Waals surface area contributed by atoms with Crippen molar-refractivity contribution in [2.75, 3.05) is 19.7 Å². The fraction of sp³-hybridized carbons (Fsp3) is 0.480. The van der Waals surface area contributed by atoms with E-state index in [2.05, 4.69) is 13.2 Å². The Morgan fingerprint density at radius 2 is 1.94 bits per heavy atom. The predicted octanol–water partition coefficient (Wildman–Crippen LogP) is 4.56. The van der Waals surface area contributed by atoms with Gasteiger partial charge in [-0.2, -0.15) is 4.31 Å². The maximum Gasteiger partial charge on any atom is 0.289 e. The summed E-state index contributed by atoms with van der Waals surface area (Å²) in [6.45, 7) is 13.6. The molecule has 1 aromatic rings. The predicted molar refractivity (Wildman–Crippen MR) is 133 cm³/mol. The van der Waals surface area contributed by atoms with Gasteiger partial charge in [0.1, 0.15) is 0 Å². The van der Waals surface area contributed by atoms with E-state index < -0.39 is 26.4 Å². The van der Waals surface area contributed by atoms with Crippen LogP contribution in [0.1, 0.15) is 46.5 Å². The third kappa shape index (κ3) is 7.66. The van der Waals surface area contributed by atoms with Gasteiger partial charge in [0, 0.05) is 25.6 Å². The van der Waals surface area contributed by atoms with Gasteiger partial charge in [-0.05, 0) is 63.3 Å². The molecule has 1 fully saturated rings. The maximum atomic E-state index is 13.4. The fourth-order valence-electron chi connectivity index (χ4n) is 3.80. The SMILES string of the molecule is C=CC(=O)CCCN(CCCC1OC(C)(C)OC/C(=C/C)C1=C)S(=O)(=O)c1ccccc1[N+](=O)[O-]. The van der Waals surface area contributed by atoms with Crippen LogP contribution >= 0.6 is 0 Å². The van der Waals surface area contributed by atoms with Crippen molar-refractivity contribution in [1.82, 2.24) is 4.31 Å². The third-order valence-corrected chi connectivity index (χ3v) is 7.71. The molecule has 1 unspecified atom stereocenters. The second-order valence-electron chi connectivity index (χ2n) is 8.68. The summed E-state index contributed by atoms with van der Waals surface area (Å²) in [6.07, 6.45) is 4.01. The molecule has 2 rings (SSSR count). The van der Waals surface area contributed by atoms with Crippen molar-refractivity contribution >= 4 is 21.5 Å². The minimum Gasteiger partial charge on any atom is -0.346 e. The largest absolute Gasteiger partial charge is 0.346 e. The van der Waals surface area contributed by atoms with Crippen LogP contribution in [0, 0.1) is 10.1 Å². The van der Waals surface area contributed by atoms with Crippen LogP contribution in [0.5, 0.6) is 0 Å². The van der Waals surface area contributed by atoms with Gasteiger partial charge in [0.2, 0.25) is 10.0 Å². The summed E-state index contributed by atoms with van der Waals surface area (Å²) < 4.78 is 40.0. The second-order valence-corrected chi connectivity index (χ2v) is 10.6. The minimum atomic E-state index is -4.19. The fourth-order valence-corrected chi connectivity index (χ4v) is 5.48. The van der Waals surface area contributed by atoms with Gasteiger partial charge in [0.05, 0.1) is 17.6 Å². The highest BCUT2D eigenvalue weighted by atomic mass is 32.2. The first kappa shape index (κ1) is 28.6. The molecular formula is C25H34N2O7S. The number of hydrogen-bond acceptors (Lipinski definition) is 7. The molecule has 0 N–H and O–H groups in total. The number of nitro groups is 1. The zero-order valence-electron chi connectivity index (χ0n) is 20.6. The zero-order valence-corrected chi connectivity index (χ0v) is 21.4. The highest BCUT2D eigenvalue weighted by molar-refractivity contribution is 7.89. The number of carbonyl (C=O) groups is 1. The van der Waals surface area contributed by atoms with Crippen LogP contribution in [0.3, 0.4) is 0 Å². The van der Waals surface area contributed by atoms with Gasteiger partial charge in [-0.1, -0.05) is 31.4 Å². The number of allylic oxidation sites excluding steroid dienone is 2. The number of nitro benzene ring substituents is 1. The van der Waals surface area contributed by atoms with Crippen molar-refractivity contribution in [2.45, 2.75) is 63.2 Å². The lowest BCUT2D eigenvalue weighted by Gasteiger charge is -2.28. The average molecular weight is 507 g/mol. The molecule has 1 aliphatic heterocycles. The van der Waals surface area contributed by atoms with Gasteiger partial charge in [0.15, 0.2) is 16.5 Å². The van der Waals surface area contributed by atoms with E-state index in [0.717, 1.165) is 17.2 Å². The molecule has 1 saturated heterocycles. The van der Waals surface area contributed by atoms with Crippen LogP contribution in [-0.2, 0) is 24.3 Å². The van der Waals surface area contributed by atoms with Gasteiger partial charge >= 0.3 is 0 Å². The van der Waals surface area contributed by atoms with Gasteiger partial charge in [-0.25, -0.2) is 8.42 Å². The number of sulfonamides is 1. The molecule has 0 amide bonds. The van der Waals surface area contributed by atoms with E-state index in [4.69, 9.17) is 9.47 Å². The number of benzene rings is 1. The van der Waals surface area contributed by atoms with Crippen molar-refractivity contribution in [2.24, 2.45) is 0 Å². The Kier molecular flexibility index (Phi) is 10.1. The summed E-state index contributed by atoms with van der Waals surface area (Å²) in [5, 5.41) is 11.5. The zero-order chi connectivity index (χ0) is 26.2. The van der Waals surface area contributed by atoms with E-state index in [9.17, 15) is 23.3 Å². The number of hydrogen-bond donors (Lipinski definition) is 0. The standard InChI is InChI=1S/C25H34N2O7S/c1-6-20-18-33-25(4,5)34-23(19(20)3)14-11-17-26(16-10-12-21(28)7-2)35(31,32)24-15-9-8-13-22(24)27(29)30/h6-9,13,15,23H,2-3,10-12,14,16-18H2,1,4-5H3/b20-6-. The van der Waals surface area contributed by atoms with Crippen molar-refractivity contribution in [1.29, 1.82) is 0 Å². The Morgan fingerprint density at radius 1 is 1.29 bits per heavy atom. The van der Waals surface area contributed by atoms with Gasteiger partial charge in [-0.15, -0.1) is 0 Å². The molecule has 1 atom stereocenters. The molecule has 0 saturated carbocycles. The van der Waals surface area contributed by atoms with Crippen LogP contribution in [0.25, 0.3) is 0 Å². The lowest BCUT2D eigenvalue weighted by atomic mass is 9.99. The van der Waals surface area contributed by atoms with Crippen LogP contribution in [0.2, 0.25) is 0 Å². The van der Waals surface area contributed by atoms with E-state index in [-0.39, 0.29) is 42.7 Å². The Labute approximate surface area is 207 Å². The number of carbonyl (C=O) groups excluding carboxylic acids is 1. The number of ketones is 1. The van der Waals surface area contributed by atoms with Crippen LogP contribution in [0.4, 0.5) is 5.69 Å². The summed E-state index contributed by atoms with van der Waals surface area (Å²) in [7, 11) is -4.19. The Bertz CT molecular complexity index is 1090. The number of nitrogens with zero attached hydrogens (tertiary/aromatic N) is 2. The second kappa shape index (κ2) is 12.3. The molecule has 9 nitrogen and oxygen atoms in total. The Hall–Kier alpha value is -2.66. The summed E-state index contributed by atoms with van der Waals surface area (Å²) in [6, 6.07) is 5.26. The monoisotopic (exact) mass is 506 g/mol. The molecule has 0 bridgehead atoms. The normalized spacial score (nSPS) is 19.5. The lowest BCUT2D eigenvalue weighted by Crippen LogP contribution is -2.35. The van der Waals surface area contributed by atoms with E-state index >= 15 is 0 Å². The molecule has 0 spiro atoms. The maximum absolute atomic E-state index is 13.4. The summed E-state index contributed by atoms with van der Waals surface area (Å²) >= 11 is 0. The van der Waals surface area contributed by atoms with Crippen molar-refractivity contribution in [3.8, 4) is 0 Å². The Morgan fingerprint density at radius 3 is 2.57 bits per heavy atom. The lowest BCUT2D eigenvalue weighted by molar-refractivity contribution is -0.387. The molecule has 0 aromatic heterocycles. The third-order valence-electron chi connectivity index (χ3n) is 5.76. The van der Waals surface area contributed by atoms with E-state index in [1.54, 1.807) is 0 Å². The highest BCUT2D eigenvalue weighted by Gasteiger charge is 2.33. The molecule has 0 aliphatic carbocycles. The quantitative estimate of drug-likeness (QED) is 0.232. The molecule has 1 aromatic carbocycles. The summed E-state index contributed by atoms with van der Waals surface area (Å²) in [5.74, 6) is -1.03. The minimum absolute atomic E-state index is 0.0369.